The van der Waals surface area contributed by atoms with Crippen LogP contribution in [-0.2, 0) is 27.1 Å². The summed E-state index contributed by atoms with van der Waals surface area (Å²) in [7, 11) is 2.66. The Bertz CT molecular complexity index is 747. The first-order valence-corrected chi connectivity index (χ1v) is 11.4. The molecule has 0 aliphatic carbocycles. The van der Waals surface area contributed by atoms with E-state index in [4.69, 9.17) is 14.5 Å². The molecule has 28 heavy (non-hydrogen) atoms. The lowest BCUT2D eigenvalue weighted by Crippen LogP contribution is -2.46. The number of thioether (sulfide) groups is 1. The Morgan fingerprint density at radius 3 is 2.71 bits per heavy atom. The highest BCUT2D eigenvalue weighted by Gasteiger charge is 2.44. The fraction of sp³-hybridized carbons (Fsp3) is 0.600. The maximum absolute atomic E-state index is 12.3. The van der Waals surface area contributed by atoms with Crippen molar-refractivity contribution >= 4 is 34.1 Å². The minimum atomic E-state index is -1.30. The zero-order valence-electron chi connectivity index (χ0n) is 17.1. The molecule has 2 aliphatic heterocycles. The van der Waals surface area contributed by atoms with Gasteiger partial charge in [0.25, 0.3) is 0 Å². The number of benzene rings is 1. The second-order valence-electron chi connectivity index (χ2n) is 8.14. The molecule has 2 aliphatic rings. The second kappa shape index (κ2) is 9.07. The van der Waals surface area contributed by atoms with E-state index in [1.807, 2.05) is 58.0 Å². The van der Waals surface area contributed by atoms with Crippen LogP contribution in [0.5, 0.6) is 0 Å². The Kier molecular flexibility index (Phi) is 6.96. The molecule has 1 saturated heterocycles. The van der Waals surface area contributed by atoms with Crippen molar-refractivity contribution in [2.45, 2.75) is 62.2 Å². The molecule has 0 bridgehead atoms. The van der Waals surface area contributed by atoms with Crippen molar-refractivity contribution in [3.63, 3.8) is 0 Å². The highest BCUT2D eigenvalue weighted by molar-refractivity contribution is 8.14. The van der Waals surface area contributed by atoms with Crippen LogP contribution in [0.2, 0.25) is 0 Å². The number of nitrogens with zero attached hydrogens (tertiary/aromatic N) is 3. The average molecular weight is 424 g/mol. The van der Waals surface area contributed by atoms with Gasteiger partial charge in [-0.25, -0.2) is 4.21 Å². The summed E-state index contributed by atoms with van der Waals surface area (Å²) >= 11 is 1.61. The summed E-state index contributed by atoms with van der Waals surface area (Å²) < 4.78 is 28.6. The van der Waals surface area contributed by atoms with Crippen LogP contribution in [0.1, 0.15) is 32.8 Å². The number of fused-ring (bicyclic) bond motifs is 1. The molecule has 1 unspecified atom stereocenters. The molecule has 0 N–H and O–H groups in total. The van der Waals surface area contributed by atoms with Crippen molar-refractivity contribution in [3.8, 4) is 0 Å². The van der Waals surface area contributed by atoms with Crippen molar-refractivity contribution in [2.24, 2.45) is 9.39 Å². The molecule has 2 heterocycles. The van der Waals surface area contributed by atoms with Gasteiger partial charge in [0, 0.05) is 26.7 Å². The first-order valence-electron chi connectivity index (χ1n) is 9.43. The number of hydrogen-bond acceptors (Lipinski definition) is 6. The Labute approximate surface area is 174 Å². The third-order valence-electron chi connectivity index (χ3n) is 4.45. The van der Waals surface area contributed by atoms with Crippen LogP contribution in [-0.4, -0.2) is 63.0 Å². The first kappa shape index (κ1) is 21.5. The zero-order valence-corrected chi connectivity index (χ0v) is 18.7. The molecular weight excluding hydrogens is 394 g/mol. The van der Waals surface area contributed by atoms with Gasteiger partial charge in [0.2, 0.25) is 0 Å². The summed E-state index contributed by atoms with van der Waals surface area (Å²) in [4.78, 5) is 6.82. The summed E-state index contributed by atoms with van der Waals surface area (Å²) in [6, 6.07) is 10.1. The summed E-state index contributed by atoms with van der Waals surface area (Å²) in [5.41, 5.74) is 1.01. The van der Waals surface area contributed by atoms with Crippen LogP contribution >= 0.6 is 11.8 Å². The fourth-order valence-corrected chi connectivity index (χ4v) is 4.64. The number of aliphatic imine (C=N–C) groups is 1. The van der Waals surface area contributed by atoms with E-state index in [9.17, 15) is 4.21 Å². The molecule has 1 aromatic carbocycles. The SMILES string of the molecule is CN(C)C1=N[C@@H]2[C@@H](OCc3ccccc3)C[C@@H](/C=N/S(=O)C(C)(C)C)O[C@@H]2S1. The molecule has 0 spiro atoms. The molecule has 0 amide bonds. The third kappa shape index (κ3) is 5.43. The van der Waals surface area contributed by atoms with Crippen LogP contribution in [0.4, 0.5) is 0 Å². The van der Waals surface area contributed by atoms with Crippen molar-refractivity contribution in [1.29, 1.82) is 0 Å². The van der Waals surface area contributed by atoms with E-state index < -0.39 is 11.0 Å². The van der Waals surface area contributed by atoms with E-state index in [0.29, 0.717) is 13.0 Å². The number of ether oxygens (including phenoxy) is 2. The van der Waals surface area contributed by atoms with Crippen LogP contribution < -0.4 is 0 Å². The molecule has 6 nitrogen and oxygen atoms in total. The maximum Gasteiger partial charge on any atom is 0.161 e. The van der Waals surface area contributed by atoms with E-state index in [2.05, 4.69) is 16.5 Å². The molecule has 5 atom stereocenters. The van der Waals surface area contributed by atoms with Gasteiger partial charge in [-0.1, -0.05) is 42.1 Å². The lowest BCUT2D eigenvalue weighted by molar-refractivity contribution is -0.0777. The van der Waals surface area contributed by atoms with Gasteiger partial charge < -0.3 is 14.4 Å². The highest BCUT2D eigenvalue weighted by atomic mass is 32.2. The van der Waals surface area contributed by atoms with E-state index in [-0.39, 0.29) is 28.4 Å². The fourth-order valence-electron chi connectivity index (χ4n) is 2.90. The molecule has 0 aromatic heterocycles. The molecule has 154 valence electrons. The van der Waals surface area contributed by atoms with Gasteiger partial charge in [0.1, 0.15) is 22.5 Å². The van der Waals surface area contributed by atoms with Gasteiger partial charge in [-0.15, -0.1) is 0 Å². The van der Waals surface area contributed by atoms with E-state index >= 15 is 0 Å². The van der Waals surface area contributed by atoms with Gasteiger partial charge in [0.05, 0.1) is 23.6 Å². The van der Waals surface area contributed by atoms with E-state index in [1.165, 1.54) is 0 Å². The first-order chi connectivity index (χ1) is 13.2. The van der Waals surface area contributed by atoms with E-state index in [1.54, 1.807) is 18.0 Å². The van der Waals surface area contributed by atoms with Crippen LogP contribution in [0.25, 0.3) is 0 Å². The van der Waals surface area contributed by atoms with Crippen LogP contribution in [0.3, 0.4) is 0 Å². The third-order valence-corrected chi connectivity index (χ3v) is 7.12. The number of rotatable bonds is 5. The Morgan fingerprint density at radius 2 is 2.07 bits per heavy atom. The minimum Gasteiger partial charge on any atom is -0.371 e. The number of hydrogen-bond donors (Lipinski definition) is 0. The normalized spacial score (nSPS) is 28.8. The van der Waals surface area contributed by atoms with Gasteiger partial charge in [-0.2, -0.15) is 4.40 Å². The van der Waals surface area contributed by atoms with Crippen molar-refractivity contribution in [2.75, 3.05) is 14.1 Å². The van der Waals surface area contributed by atoms with Gasteiger partial charge >= 0.3 is 0 Å². The predicted molar refractivity (Wildman–Crippen MR) is 117 cm³/mol. The number of amidine groups is 1. The topological polar surface area (TPSA) is 63.5 Å². The van der Waals surface area contributed by atoms with Crippen LogP contribution in [0, 0.1) is 0 Å². The van der Waals surface area contributed by atoms with Gasteiger partial charge in [0.15, 0.2) is 5.17 Å². The van der Waals surface area contributed by atoms with Crippen molar-refractivity contribution in [1.82, 2.24) is 4.90 Å². The summed E-state index contributed by atoms with van der Waals surface area (Å²) in [5.74, 6) is 0. The predicted octanol–water partition coefficient (Wildman–Crippen LogP) is 3.25. The quantitative estimate of drug-likeness (QED) is 0.680. The molecule has 1 aromatic rings. The summed E-state index contributed by atoms with van der Waals surface area (Å²) in [6.45, 7) is 6.26. The molecule has 1 fully saturated rings. The van der Waals surface area contributed by atoms with Gasteiger partial charge in [-0.05, 0) is 26.3 Å². The van der Waals surface area contributed by atoms with Crippen molar-refractivity contribution in [3.05, 3.63) is 35.9 Å². The van der Waals surface area contributed by atoms with Gasteiger partial charge in [-0.3, -0.25) is 4.99 Å². The second-order valence-corrected chi connectivity index (χ2v) is 11.1. The molecule has 8 heteroatoms. The monoisotopic (exact) mass is 423 g/mol. The van der Waals surface area contributed by atoms with Crippen LogP contribution in [0.15, 0.2) is 39.7 Å². The lowest BCUT2D eigenvalue weighted by atomic mass is 10.0. The average Bonchev–Trinajstić information content (AvgIpc) is 3.09. The zero-order chi connectivity index (χ0) is 20.3. The molecular formula is C20H29N3O3S2. The largest absolute Gasteiger partial charge is 0.371 e. The summed E-state index contributed by atoms with van der Waals surface area (Å²) in [6.07, 6.45) is 2.01. The molecule has 3 rings (SSSR count). The Hall–Kier alpha value is -1.22. The van der Waals surface area contributed by atoms with Crippen molar-refractivity contribution < 1.29 is 13.7 Å². The minimum absolute atomic E-state index is 0.0520. The standard InChI is InChI=1S/C20H29N3O3S2/c1-20(2,3)28(24)21-12-15-11-16(25-13-14-9-7-6-8-10-14)17-18(26-15)27-19(22-17)23(4)5/h6-10,12,15-18H,11,13H2,1-5H3/b21-12+/t15-,16-,17+,18+,28?/m0/s1. The van der Waals surface area contributed by atoms with E-state index in [0.717, 1.165) is 10.7 Å². The Balaban J connectivity index is 1.72. The summed E-state index contributed by atoms with van der Waals surface area (Å²) in [5, 5.41) is 0.944. The molecule has 0 saturated carbocycles. The highest BCUT2D eigenvalue weighted by Crippen LogP contribution is 2.38. The Morgan fingerprint density at radius 1 is 1.36 bits per heavy atom. The lowest BCUT2D eigenvalue weighted by Gasteiger charge is -2.35. The molecule has 0 radical (unpaired) electrons. The smallest absolute Gasteiger partial charge is 0.161 e. The maximum atomic E-state index is 12.3.